The number of benzene rings is 1. The normalized spacial score (nSPS) is 18.9. The molecule has 0 radical (unpaired) electrons. The lowest BCUT2D eigenvalue weighted by molar-refractivity contribution is -0.134. The summed E-state index contributed by atoms with van der Waals surface area (Å²) in [5, 5.41) is 0. The molecule has 1 heterocycles. The van der Waals surface area contributed by atoms with E-state index in [1.165, 1.54) is 24.4 Å². The van der Waals surface area contributed by atoms with Crippen LogP contribution in [-0.4, -0.2) is 20.1 Å². The van der Waals surface area contributed by atoms with Crippen molar-refractivity contribution in [2.24, 2.45) is 0 Å². The molecule has 2 rings (SSSR count). The fourth-order valence-electron chi connectivity index (χ4n) is 2.59. The monoisotopic (exact) mass is 257 g/mol. The van der Waals surface area contributed by atoms with Gasteiger partial charge in [0, 0.05) is 29.9 Å². The Hall–Kier alpha value is -2.03. The van der Waals surface area contributed by atoms with Gasteiger partial charge in [-0.3, -0.25) is 0 Å². The van der Waals surface area contributed by atoms with E-state index in [2.05, 4.69) is 41.7 Å². The number of hydrogen-bond donors (Lipinski definition) is 0. The highest BCUT2D eigenvalue weighted by molar-refractivity contribution is 5.82. The molecular formula is C16H19NO2. The Bertz CT molecular complexity index is 556. The highest BCUT2D eigenvalue weighted by Gasteiger charge is 2.37. The summed E-state index contributed by atoms with van der Waals surface area (Å²) >= 11 is 0. The molecule has 1 aromatic rings. The van der Waals surface area contributed by atoms with Crippen LogP contribution in [0.2, 0.25) is 0 Å². The molecule has 0 amide bonds. The number of methoxy groups -OCH3 is 1. The molecule has 0 fully saturated rings. The van der Waals surface area contributed by atoms with Gasteiger partial charge in [0.1, 0.15) is 0 Å². The molecule has 0 N–H and O–H groups in total. The highest BCUT2D eigenvalue weighted by Crippen LogP contribution is 2.46. The summed E-state index contributed by atoms with van der Waals surface area (Å²) in [5.74, 6) is -0.340. The summed E-state index contributed by atoms with van der Waals surface area (Å²) in [4.78, 5) is 13.3. The van der Waals surface area contributed by atoms with E-state index in [9.17, 15) is 4.79 Å². The van der Waals surface area contributed by atoms with Crippen LogP contribution in [0.5, 0.6) is 0 Å². The van der Waals surface area contributed by atoms with Crippen LogP contribution in [0.25, 0.3) is 0 Å². The van der Waals surface area contributed by atoms with E-state index in [0.717, 1.165) is 5.70 Å². The number of para-hydroxylation sites is 1. The van der Waals surface area contributed by atoms with E-state index in [-0.39, 0.29) is 11.4 Å². The molecule has 19 heavy (non-hydrogen) atoms. The van der Waals surface area contributed by atoms with Gasteiger partial charge in [-0.05, 0) is 17.7 Å². The van der Waals surface area contributed by atoms with Gasteiger partial charge in [0.25, 0.3) is 0 Å². The van der Waals surface area contributed by atoms with Gasteiger partial charge in [0.05, 0.1) is 7.11 Å². The molecule has 0 aliphatic carbocycles. The number of carbonyl (C=O) groups excluding carboxylic acids is 1. The van der Waals surface area contributed by atoms with Gasteiger partial charge in [-0.25, -0.2) is 4.79 Å². The number of esters is 1. The van der Waals surface area contributed by atoms with Crippen molar-refractivity contribution in [1.82, 2.24) is 0 Å². The molecule has 0 unspecified atom stereocenters. The smallest absolute Gasteiger partial charge is 0.330 e. The van der Waals surface area contributed by atoms with E-state index < -0.39 is 0 Å². The van der Waals surface area contributed by atoms with Crippen molar-refractivity contribution in [2.75, 3.05) is 19.1 Å². The Morgan fingerprint density at radius 2 is 2.00 bits per heavy atom. The van der Waals surface area contributed by atoms with Crippen LogP contribution >= 0.6 is 0 Å². The zero-order valence-electron chi connectivity index (χ0n) is 11.8. The van der Waals surface area contributed by atoms with Crippen LogP contribution in [0.4, 0.5) is 5.69 Å². The van der Waals surface area contributed by atoms with E-state index in [4.69, 9.17) is 0 Å². The molecular weight excluding hydrogens is 238 g/mol. The Morgan fingerprint density at radius 3 is 2.63 bits per heavy atom. The maximum Gasteiger partial charge on any atom is 0.330 e. The highest BCUT2D eigenvalue weighted by atomic mass is 16.5. The summed E-state index contributed by atoms with van der Waals surface area (Å²) in [5.41, 5.74) is 3.61. The average Bonchev–Trinajstić information content (AvgIpc) is 2.60. The molecule has 100 valence electrons. The van der Waals surface area contributed by atoms with Gasteiger partial charge in [0.15, 0.2) is 0 Å². The third-order valence-electron chi connectivity index (χ3n) is 3.63. The van der Waals surface area contributed by atoms with E-state index in [0.29, 0.717) is 0 Å². The summed E-state index contributed by atoms with van der Waals surface area (Å²) in [7, 11) is 3.42. The van der Waals surface area contributed by atoms with Gasteiger partial charge < -0.3 is 9.64 Å². The summed E-state index contributed by atoms with van der Waals surface area (Å²) in [6, 6.07) is 8.36. The van der Waals surface area contributed by atoms with Crippen LogP contribution in [0, 0.1) is 0 Å². The van der Waals surface area contributed by atoms with Crippen LogP contribution in [0.3, 0.4) is 0 Å². The third-order valence-corrected chi connectivity index (χ3v) is 3.63. The zero-order chi connectivity index (χ0) is 14.0. The quantitative estimate of drug-likeness (QED) is 0.602. The molecule has 0 atom stereocenters. The first kappa shape index (κ1) is 13.4. The van der Waals surface area contributed by atoms with Crippen LogP contribution in [-0.2, 0) is 14.9 Å². The summed E-state index contributed by atoms with van der Waals surface area (Å²) < 4.78 is 4.59. The first-order valence-electron chi connectivity index (χ1n) is 6.28. The minimum atomic E-state index is -0.340. The van der Waals surface area contributed by atoms with Gasteiger partial charge in [-0.1, -0.05) is 38.1 Å². The minimum absolute atomic E-state index is 0.0637. The Kier molecular flexibility index (Phi) is 3.47. The first-order chi connectivity index (χ1) is 8.98. The molecule has 0 saturated carbocycles. The largest absolute Gasteiger partial charge is 0.466 e. The maximum atomic E-state index is 11.1. The van der Waals surface area contributed by atoms with Crippen LogP contribution < -0.4 is 4.90 Å². The fraction of sp³-hybridized carbons (Fsp3) is 0.312. The lowest BCUT2D eigenvalue weighted by Crippen LogP contribution is -2.22. The number of rotatable bonds is 2. The second kappa shape index (κ2) is 4.92. The van der Waals surface area contributed by atoms with Crippen molar-refractivity contribution in [3.63, 3.8) is 0 Å². The molecule has 0 saturated heterocycles. The number of anilines is 1. The molecule has 3 heteroatoms. The van der Waals surface area contributed by atoms with Gasteiger partial charge in [0.2, 0.25) is 0 Å². The van der Waals surface area contributed by atoms with Crippen molar-refractivity contribution in [3.8, 4) is 0 Å². The van der Waals surface area contributed by atoms with E-state index >= 15 is 0 Å². The number of allylic oxidation sites excluding steroid dienone is 3. The predicted octanol–water partition coefficient (Wildman–Crippen LogP) is 3.03. The SMILES string of the molecule is COC(=O)/C=C/C=C1\N(C)c2ccccc2C1(C)C. The zero-order valence-corrected chi connectivity index (χ0v) is 11.8. The summed E-state index contributed by atoms with van der Waals surface area (Å²) in [6.45, 7) is 4.38. The number of likely N-dealkylation sites (N-methyl/N-ethyl adjacent to an activating group) is 1. The molecule has 1 aliphatic heterocycles. The standard InChI is InChI=1S/C16H19NO2/c1-16(2)12-8-5-6-9-13(12)17(3)14(16)10-7-11-15(18)19-4/h5-11H,1-4H3/b11-7+,14-10-. The molecule has 0 aromatic heterocycles. The third kappa shape index (κ3) is 2.28. The van der Waals surface area contributed by atoms with Crippen LogP contribution in [0.1, 0.15) is 19.4 Å². The number of carbonyl (C=O) groups is 1. The molecule has 0 bridgehead atoms. The van der Waals surface area contributed by atoms with Crippen molar-refractivity contribution in [3.05, 3.63) is 53.8 Å². The Morgan fingerprint density at radius 1 is 1.32 bits per heavy atom. The fourth-order valence-corrected chi connectivity index (χ4v) is 2.59. The predicted molar refractivity (Wildman–Crippen MR) is 77.1 cm³/mol. The number of fused-ring (bicyclic) bond motifs is 1. The van der Waals surface area contributed by atoms with Crippen molar-refractivity contribution in [2.45, 2.75) is 19.3 Å². The molecule has 0 spiro atoms. The lowest BCUT2D eigenvalue weighted by atomic mass is 9.84. The number of ether oxygens (including phenoxy) is 1. The molecule has 1 aliphatic rings. The second-order valence-electron chi connectivity index (χ2n) is 5.14. The lowest BCUT2D eigenvalue weighted by Gasteiger charge is -2.23. The first-order valence-corrected chi connectivity index (χ1v) is 6.28. The van der Waals surface area contributed by atoms with E-state index in [1.54, 1.807) is 6.08 Å². The maximum absolute atomic E-state index is 11.1. The molecule has 3 nitrogen and oxygen atoms in total. The van der Waals surface area contributed by atoms with Crippen LogP contribution in [0.15, 0.2) is 48.2 Å². The average molecular weight is 257 g/mol. The topological polar surface area (TPSA) is 29.5 Å². The van der Waals surface area contributed by atoms with Gasteiger partial charge >= 0.3 is 5.97 Å². The van der Waals surface area contributed by atoms with Gasteiger partial charge in [-0.2, -0.15) is 0 Å². The number of hydrogen-bond acceptors (Lipinski definition) is 3. The number of nitrogens with zero attached hydrogens (tertiary/aromatic N) is 1. The van der Waals surface area contributed by atoms with Crippen molar-refractivity contribution in [1.29, 1.82) is 0 Å². The molecule has 1 aromatic carbocycles. The minimum Gasteiger partial charge on any atom is -0.466 e. The van der Waals surface area contributed by atoms with Crippen molar-refractivity contribution < 1.29 is 9.53 Å². The Labute approximate surface area is 114 Å². The van der Waals surface area contributed by atoms with E-state index in [1.807, 2.05) is 19.2 Å². The van der Waals surface area contributed by atoms with Gasteiger partial charge in [-0.15, -0.1) is 0 Å². The van der Waals surface area contributed by atoms with Crippen molar-refractivity contribution >= 4 is 11.7 Å². The second-order valence-corrected chi connectivity index (χ2v) is 5.14. The Balaban J connectivity index is 2.37. The summed E-state index contributed by atoms with van der Waals surface area (Å²) in [6.07, 6.45) is 5.14.